The molecule has 0 bridgehead atoms. The van der Waals surface area contributed by atoms with Gasteiger partial charge in [0.2, 0.25) is 5.88 Å². The Morgan fingerprint density at radius 1 is 1.00 bits per heavy atom. The van der Waals surface area contributed by atoms with Gasteiger partial charge >= 0.3 is 5.97 Å². The lowest BCUT2D eigenvalue weighted by Crippen LogP contribution is -2.11. The minimum absolute atomic E-state index is 0.102. The normalized spacial score (nSPS) is 13.6. The van der Waals surface area contributed by atoms with Crippen LogP contribution >= 0.6 is 0 Å². The number of aromatic nitrogens is 1. The summed E-state index contributed by atoms with van der Waals surface area (Å²) >= 11 is 0. The van der Waals surface area contributed by atoms with Crippen molar-refractivity contribution in [3.63, 3.8) is 0 Å². The molecule has 39 heavy (non-hydrogen) atoms. The van der Waals surface area contributed by atoms with Gasteiger partial charge in [-0.2, -0.15) is 0 Å². The van der Waals surface area contributed by atoms with E-state index in [4.69, 9.17) is 23.7 Å². The maximum Gasteiger partial charge on any atom is 0.306 e. The van der Waals surface area contributed by atoms with Crippen LogP contribution in [0.5, 0.6) is 23.1 Å². The van der Waals surface area contributed by atoms with Gasteiger partial charge in [-0.15, -0.1) is 0 Å². The van der Waals surface area contributed by atoms with E-state index < -0.39 is 5.82 Å². The zero-order chi connectivity index (χ0) is 27.9. The Labute approximate surface area is 229 Å². The maximum absolute atomic E-state index is 14.9. The van der Waals surface area contributed by atoms with Crippen LogP contribution in [-0.2, 0) is 16.1 Å². The zero-order valence-electron chi connectivity index (χ0n) is 23.2. The first-order valence-corrected chi connectivity index (χ1v) is 13.2. The number of rotatable bonds is 13. The second kappa shape index (κ2) is 12.8. The Morgan fingerprint density at radius 2 is 1.79 bits per heavy atom. The molecule has 1 aliphatic carbocycles. The predicted molar refractivity (Wildman–Crippen MR) is 146 cm³/mol. The molecule has 1 aliphatic rings. The molecule has 0 radical (unpaired) electrons. The van der Waals surface area contributed by atoms with Gasteiger partial charge in [-0.3, -0.25) is 4.79 Å². The quantitative estimate of drug-likeness (QED) is 0.228. The molecule has 0 saturated heterocycles. The number of carbonyl (C=O) groups is 1. The number of hydrogen-bond acceptors (Lipinski definition) is 7. The molecule has 0 amide bonds. The first kappa shape index (κ1) is 28.2. The van der Waals surface area contributed by atoms with Crippen molar-refractivity contribution < 1.29 is 32.9 Å². The summed E-state index contributed by atoms with van der Waals surface area (Å²) in [6.07, 6.45) is 2.56. The Kier molecular flexibility index (Phi) is 9.28. The molecule has 1 aromatic heterocycles. The van der Waals surface area contributed by atoms with Crippen LogP contribution in [0.15, 0.2) is 48.5 Å². The lowest BCUT2D eigenvalue weighted by Gasteiger charge is -2.18. The lowest BCUT2D eigenvalue weighted by molar-refractivity contribution is -0.141. The highest BCUT2D eigenvalue weighted by Gasteiger charge is 2.34. The van der Waals surface area contributed by atoms with Crippen molar-refractivity contribution in [1.82, 2.24) is 4.98 Å². The van der Waals surface area contributed by atoms with E-state index in [0.29, 0.717) is 53.3 Å². The van der Waals surface area contributed by atoms with E-state index in [2.05, 4.69) is 4.98 Å². The average Bonchev–Trinajstić information content (AvgIpc) is 3.79. The molecule has 1 heterocycles. The van der Waals surface area contributed by atoms with E-state index in [-0.39, 0.29) is 30.0 Å². The summed E-state index contributed by atoms with van der Waals surface area (Å²) in [6.45, 7) is 4.66. The highest BCUT2D eigenvalue weighted by molar-refractivity contribution is 5.71. The van der Waals surface area contributed by atoms with Crippen molar-refractivity contribution in [2.75, 3.05) is 27.9 Å². The van der Waals surface area contributed by atoms with Crippen LogP contribution in [-0.4, -0.2) is 38.9 Å². The number of esters is 1. The Hall–Kier alpha value is -3.81. The monoisotopic (exact) mass is 537 g/mol. The number of nitrogens with zero attached hydrogens (tertiary/aromatic N) is 1. The maximum atomic E-state index is 14.9. The molecule has 0 N–H and O–H groups in total. The van der Waals surface area contributed by atoms with Crippen molar-refractivity contribution in [2.24, 2.45) is 11.8 Å². The van der Waals surface area contributed by atoms with Crippen LogP contribution in [0, 0.1) is 17.7 Å². The molecule has 4 rings (SSSR count). The SMILES string of the molecule is COC(=O)CC(c1cccc(OCc2cc(OCC(C)C)c(-c3cc(OC)ccc3F)nc2OC)c1)C1CC1. The number of carbonyl (C=O) groups excluding carboxylic acids is 1. The molecule has 1 unspecified atom stereocenters. The third kappa shape index (κ3) is 7.19. The van der Waals surface area contributed by atoms with Crippen LogP contribution in [0.3, 0.4) is 0 Å². The van der Waals surface area contributed by atoms with Crippen LogP contribution in [0.25, 0.3) is 11.3 Å². The van der Waals surface area contributed by atoms with Gasteiger partial charge in [-0.05, 0) is 72.6 Å². The smallest absolute Gasteiger partial charge is 0.306 e. The highest BCUT2D eigenvalue weighted by Crippen LogP contribution is 2.45. The van der Waals surface area contributed by atoms with E-state index in [0.717, 1.165) is 18.4 Å². The average molecular weight is 538 g/mol. The first-order valence-electron chi connectivity index (χ1n) is 13.2. The van der Waals surface area contributed by atoms with E-state index in [1.807, 2.05) is 38.1 Å². The number of ether oxygens (including phenoxy) is 5. The lowest BCUT2D eigenvalue weighted by atomic mass is 9.91. The molecule has 1 fully saturated rings. The number of halogens is 1. The molecular formula is C31H36FNO6. The molecular weight excluding hydrogens is 501 g/mol. The zero-order valence-corrected chi connectivity index (χ0v) is 23.2. The molecule has 208 valence electrons. The third-order valence-electron chi connectivity index (χ3n) is 6.71. The van der Waals surface area contributed by atoms with Crippen LogP contribution in [0.2, 0.25) is 0 Å². The predicted octanol–water partition coefficient (Wildman–Crippen LogP) is 6.58. The molecule has 2 aromatic carbocycles. The van der Waals surface area contributed by atoms with Crippen molar-refractivity contribution in [3.8, 4) is 34.4 Å². The third-order valence-corrected chi connectivity index (χ3v) is 6.71. The first-order chi connectivity index (χ1) is 18.8. The number of benzene rings is 2. The van der Waals surface area contributed by atoms with Gasteiger partial charge in [0, 0.05) is 5.56 Å². The summed E-state index contributed by atoms with van der Waals surface area (Å²) in [7, 11) is 4.46. The van der Waals surface area contributed by atoms with E-state index in [1.165, 1.54) is 27.4 Å². The Bertz CT molecular complexity index is 1290. The minimum atomic E-state index is -0.447. The van der Waals surface area contributed by atoms with E-state index in [1.54, 1.807) is 18.2 Å². The molecule has 8 heteroatoms. The number of methoxy groups -OCH3 is 3. The summed E-state index contributed by atoms with van der Waals surface area (Å²) in [6, 6.07) is 14.1. The molecule has 3 aromatic rings. The summed E-state index contributed by atoms with van der Waals surface area (Å²) in [4.78, 5) is 16.6. The molecule has 0 spiro atoms. The molecule has 0 aliphatic heterocycles. The van der Waals surface area contributed by atoms with Gasteiger partial charge in [-0.1, -0.05) is 26.0 Å². The highest BCUT2D eigenvalue weighted by atomic mass is 19.1. The number of pyridine rings is 1. The standard InChI is InChI=1S/C31H36FNO6/c1-19(2)17-39-28-14-22(31(37-5)33-30(28)26-15-23(35-3)11-12-27(26)32)18-38-24-8-6-7-21(13-24)25(20-9-10-20)16-29(34)36-4/h6-8,11-15,19-20,25H,9-10,16-18H2,1-5H3. The topological polar surface area (TPSA) is 76.1 Å². The van der Waals surface area contributed by atoms with E-state index in [9.17, 15) is 9.18 Å². The van der Waals surface area contributed by atoms with Gasteiger partial charge in [0.1, 0.15) is 35.4 Å². The van der Waals surface area contributed by atoms with Crippen molar-refractivity contribution in [1.29, 1.82) is 0 Å². The van der Waals surface area contributed by atoms with Gasteiger partial charge in [-0.25, -0.2) is 9.37 Å². The fourth-order valence-corrected chi connectivity index (χ4v) is 4.48. The Morgan fingerprint density at radius 3 is 2.46 bits per heavy atom. The van der Waals surface area contributed by atoms with Gasteiger partial charge < -0.3 is 23.7 Å². The van der Waals surface area contributed by atoms with Crippen molar-refractivity contribution in [2.45, 2.75) is 45.6 Å². The summed E-state index contributed by atoms with van der Waals surface area (Å²) in [5, 5.41) is 0. The van der Waals surface area contributed by atoms with Crippen LogP contribution < -0.4 is 18.9 Å². The second-order valence-corrected chi connectivity index (χ2v) is 10.1. The number of hydrogen-bond donors (Lipinski definition) is 0. The van der Waals surface area contributed by atoms with E-state index >= 15 is 0 Å². The largest absolute Gasteiger partial charge is 0.497 e. The van der Waals surface area contributed by atoms with Crippen molar-refractivity contribution >= 4 is 5.97 Å². The van der Waals surface area contributed by atoms with Crippen LogP contribution in [0.4, 0.5) is 4.39 Å². The summed E-state index contributed by atoms with van der Waals surface area (Å²) < 4.78 is 42.9. The van der Waals surface area contributed by atoms with Gasteiger partial charge in [0.25, 0.3) is 0 Å². The fraction of sp³-hybridized carbons (Fsp3) is 0.419. The van der Waals surface area contributed by atoms with Gasteiger partial charge in [0.15, 0.2) is 0 Å². The minimum Gasteiger partial charge on any atom is -0.497 e. The van der Waals surface area contributed by atoms with Crippen LogP contribution in [0.1, 0.15) is 50.2 Å². The summed E-state index contributed by atoms with van der Waals surface area (Å²) in [5.74, 6) is 2.08. The van der Waals surface area contributed by atoms with Crippen molar-refractivity contribution in [3.05, 3.63) is 65.5 Å². The Balaban J connectivity index is 1.62. The molecule has 1 saturated carbocycles. The fourth-order valence-electron chi connectivity index (χ4n) is 4.48. The summed E-state index contributed by atoms with van der Waals surface area (Å²) in [5.41, 5.74) is 2.28. The van der Waals surface area contributed by atoms with Gasteiger partial charge in [0.05, 0.1) is 39.9 Å². The molecule has 1 atom stereocenters. The molecule has 7 nitrogen and oxygen atoms in total. The second-order valence-electron chi connectivity index (χ2n) is 10.1.